The standard InChI is InChI=1S/C90H142NO8P/c1-6-8-10-12-14-16-18-20-22-24-26-28-30-32-34-36-38-40-42-43-44-45-46-47-49-51-53-55-57-59-61-63-65-67-69-71-73-75-77-79-81-83-90(93)99-88(87-98-100(94,95)97-85-84-91(3,4)5)86-96-89(92)82-80-78-76-74-72-70-68-66-64-62-60-58-56-54-52-50-48-41-39-37-35-33-31-29-27-25-23-21-19-17-15-13-11-9-7-2/h8-11,14-17,20-23,26-29,32-35,38-41,43-44,46-47,50-53,56-59,62,64,88H,6-7,12-13,18-19,24-25,30-31,36-37,42,45,48-49,54-55,60-61,63,65-87H2,1-5H3/p+1/b10-8-,11-9-,16-14-,17-15-,22-20-,23-21-,28-26-,29-27-,34-32-,35-33-,40-38-,41-39-,44-43-,47-46-,52-50-,53-51-,58-56-,59-57-,64-62-. The summed E-state index contributed by atoms with van der Waals surface area (Å²) in [4.78, 5) is 36.0. The quantitative estimate of drug-likeness (QED) is 0.0211. The van der Waals surface area contributed by atoms with Crippen LogP contribution < -0.4 is 0 Å². The summed E-state index contributed by atoms with van der Waals surface area (Å²) in [6.07, 6.45) is 124. The molecule has 0 aromatic heterocycles. The van der Waals surface area contributed by atoms with Crippen molar-refractivity contribution in [2.24, 2.45) is 0 Å². The third kappa shape index (κ3) is 81.0. The van der Waals surface area contributed by atoms with Gasteiger partial charge in [0.2, 0.25) is 0 Å². The van der Waals surface area contributed by atoms with E-state index in [0.29, 0.717) is 23.9 Å². The molecule has 0 aliphatic heterocycles. The molecule has 1 N–H and O–H groups in total. The van der Waals surface area contributed by atoms with E-state index < -0.39 is 26.5 Å². The molecule has 0 aromatic carbocycles. The van der Waals surface area contributed by atoms with Crippen molar-refractivity contribution < 1.29 is 42.1 Å². The molecule has 560 valence electrons. The SMILES string of the molecule is CC/C=C\C/C=C\C/C=C\C/C=C\C/C=C\C/C=C\C/C=C\C/C=C\C/C=C\C/C=C\CCCCCCCCCCCCC(=O)OC(COC(=O)CCCCCCCCC/C=C\C/C=C\C/C=C\C/C=C\C/C=C\C/C=C\C/C=C\C/C=C\C/C=C\CC)COP(=O)(O)OCC[N+](C)(C)C. The molecule has 0 aliphatic carbocycles. The zero-order valence-corrected chi connectivity index (χ0v) is 64.7. The number of ether oxygens (including phenoxy) is 2. The van der Waals surface area contributed by atoms with Crippen molar-refractivity contribution in [1.82, 2.24) is 0 Å². The lowest BCUT2D eigenvalue weighted by molar-refractivity contribution is -0.870. The zero-order chi connectivity index (χ0) is 72.5. The maximum atomic E-state index is 12.9. The second kappa shape index (κ2) is 77.2. The predicted octanol–water partition coefficient (Wildman–Crippen LogP) is 26.5. The first-order valence-corrected chi connectivity index (χ1v) is 40.6. The number of nitrogens with zero attached hydrogens (tertiary/aromatic N) is 1. The van der Waals surface area contributed by atoms with E-state index in [9.17, 15) is 19.0 Å². The van der Waals surface area contributed by atoms with Gasteiger partial charge in [0.15, 0.2) is 6.10 Å². The van der Waals surface area contributed by atoms with Crippen LogP contribution in [0.1, 0.15) is 271 Å². The van der Waals surface area contributed by atoms with Crippen LogP contribution in [0.2, 0.25) is 0 Å². The molecular formula is C90H143NO8P+. The van der Waals surface area contributed by atoms with Crippen LogP contribution in [0.15, 0.2) is 231 Å². The summed E-state index contributed by atoms with van der Waals surface area (Å²) in [6.45, 7) is 4.17. The van der Waals surface area contributed by atoms with Crippen LogP contribution in [0.25, 0.3) is 0 Å². The minimum atomic E-state index is -4.42. The van der Waals surface area contributed by atoms with Gasteiger partial charge in [-0.1, -0.05) is 328 Å². The number of esters is 2. The second-order valence-electron chi connectivity index (χ2n) is 26.3. The van der Waals surface area contributed by atoms with Gasteiger partial charge in [0, 0.05) is 12.8 Å². The van der Waals surface area contributed by atoms with E-state index in [4.69, 9.17) is 18.5 Å². The molecule has 9 nitrogen and oxygen atoms in total. The third-order valence-electron chi connectivity index (χ3n) is 15.7. The Balaban J connectivity index is 4.14. The summed E-state index contributed by atoms with van der Waals surface area (Å²) in [5.74, 6) is -0.829. The molecule has 0 amide bonds. The molecule has 100 heavy (non-hydrogen) atoms. The van der Waals surface area contributed by atoms with Gasteiger partial charge >= 0.3 is 19.8 Å². The molecule has 0 rings (SSSR count). The van der Waals surface area contributed by atoms with Crippen molar-refractivity contribution in [1.29, 1.82) is 0 Å². The second-order valence-corrected chi connectivity index (χ2v) is 27.7. The van der Waals surface area contributed by atoms with Crippen LogP contribution >= 0.6 is 7.82 Å². The Labute approximate surface area is 613 Å². The maximum Gasteiger partial charge on any atom is 0.472 e. The molecule has 0 saturated carbocycles. The van der Waals surface area contributed by atoms with E-state index in [2.05, 4.69) is 245 Å². The smallest absolute Gasteiger partial charge is 0.462 e. The van der Waals surface area contributed by atoms with Crippen molar-refractivity contribution >= 4 is 19.8 Å². The number of carbonyl (C=O) groups is 2. The topological polar surface area (TPSA) is 108 Å². The number of phosphoric ester groups is 1. The fourth-order valence-electron chi connectivity index (χ4n) is 9.80. The maximum absolute atomic E-state index is 12.9. The van der Waals surface area contributed by atoms with E-state index >= 15 is 0 Å². The Morgan fingerprint density at radius 1 is 0.310 bits per heavy atom. The molecule has 2 unspecified atom stereocenters. The zero-order valence-electron chi connectivity index (χ0n) is 63.8. The molecule has 0 fully saturated rings. The number of hydrogen-bond acceptors (Lipinski definition) is 7. The van der Waals surface area contributed by atoms with Gasteiger partial charge in [0.05, 0.1) is 27.7 Å². The first-order chi connectivity index (χ1) is 49.0. The average Bonchev–Trinajstić information content (AvgIpc) is 1.30. The minimum Gasteiger partial charge on any atom is -0.462 e. The van der Waals surface area contributed by atoms with Crippen molar-refractivity contribution in [3.63, 3.8) is 0 Å². The highest BCUT2D eigenvalue weighted by Crippen LogP contribution is 2.43. The summed E-state index contributed by atoms with van der Waals surface area (Å²) < 4.78 is 34.8. The van der Waals surface area contributed by atoms with Crippen LogP contribution in [-0.4, -0.2) is 74.9 Å². The fraction of sp³-hybridized carbons (Fsp3) is 0.556. The number of quaternary nitrogens is 1. The average molecular weight is 1400 g/mol. The van der Waals surface area contributed by atoms with E-state index in [-0.39, 0.29) is 32.0 Å². The van der Waals surface area contributed by atoms with Crippen molar-refractivity contribution in [2.45, 2.75) is 277 Å². The Hall–Kier alpha value is -5.93. The number of rotatable bonds is 69. The molecule has 0 aliphatic rings. The van der Waals surface area contributed by atoms with Gasteiger partial charge in [-0.3, -0.25) is 18.6 Å². The number of hydrogen-bond donors (Lipinski definition) is 1. The van der Waals surface area contributed by atoms with Gasteiger partial charge in [0.25, 0.3) is 0 Å². The lowest BCUT2D eigenvalue weighted by Crippen LogP contribution is -2.37. The largest absolute Gasteiger partial charge is 0.472 e. The van der Waals surface area contributed by atoms with Crippen molar-refractivity contribution in [2.75, 3.05) is 47.5 Å². The normalized spacial score (nSPS) is 14.3. The van der Waals surface area contributed by atoms with Crippen molar-refractivity contribution in [3.05, 3.63) is 231 Å². The van der Waals surface area contributed by atoms with Gasteiger partial charge in [0.1, 0.15) is 19.8 Å². The molecule has 0 heterocycles. The molecule has 0 saturated heterocycles. The highest BCUT2D eigenvalue weighted by atomic mass is 31.2. The number of phosphoric acid groups is 1. The predicted molar refractivity (Wildman–Crippen MR) is 435 cm³/mol. The lowest BCUT2D eigenvalue weighted by atomic mass is 10.0. The van der Waals surface area contributed by atoms with Crippen LogP contribution in [-0.2, 0) is 32.7 Å². The number of likely N-dealkylation sites (N-methyl/N-ethyl adjacent to an activating group) is 1. The van der Waals surface area contributed by atoms with Crippen molar-refractivity contribution in [3.8, 4) is 0 Å². The molecule has 0 bridgehead atoms. The van der Waals surface area contributed by atoms with Gasteiger partial charge < -0.3 is 18.9 Å². The summed E-state index contributed by atoms with van der Waals surface area (Å²) in [5.41, 5.74) is 0. The monoisotopic (exact) mass is 1400 g/mol. The van der Waals surface area contributed by atoms with E-state index in [0.717, 1.165) is 173 Å². The summed E-state index contributed by atoms with van der Waals surface area (Å²) in [6, 6.07) is 0. The lowest BCUT2D eigenvalue weighted by Gasteiger charge is -2.24. The number of unbranched alkanes of at least 4 members (excludes halogenated alkanes) is 17. The number of allylic oxidation sites excluding steroid dienone is 38. The molecule has 0 radical (unpaired) electrons. The Morgan fingerprint density at radius 3 is 0.800 bits per heavy atom. The van der Waals surface area contributed by atoms with Gasteiger partial charge in [-0.25, -0.2) is 4.57 Å². The molecule has 2 atom stereocenters. The Morgan fingerprint density at radius 2 is 0.540 bits per heavy atom. The van der Waals surface area contributed by atoms with E-state index in [1.54, 1.807) is 0 Å². The first kappa shape index (κ1) is 94.1. The summed E-state index contributed by atoms with van der Waals surface area (Å²) in [7, 11) is 1.44. The highest BCUT2D eigenvalue weighted by Gasteiger charge is 2.27. The fourth-order valence-corrected chi connectivity index (χ4v) is 10.5. The third-order valence-corrected chi connectivity index (χ3v) is 16.7. The minimum absolute atomic E-state index is 0.0169. The molecule has 10 heteroatoms. The van der Waals surface area contributed by atoms with Gasteiger partial charge in [-0.05, 0) is 161 Å². The van der Waals surface area contributed by atoms with Crippen LogP contribution in [0.4, 0.5) is 0 Å². The van der Waals surface area contributed by atoms with E-state index in [1.165, 1.54) is 57.8 Å². The molecular weight excluding hydrogens is 1250 g/mol. The summed E-state index contributed by atoms with van der Waals surface area (Å²) >= 11 is 0. The van der Waals surface area contributed by atoms with Crippen LogP contribution in [0.3, 0.4) is 0 Å². The van der Waals surface area contributed by atoms with Gasteiger partial charge in [-0.15, -0.1) is 0 Å². The highest BCUT2D eigenvalue weighted by molar-refractivity contribution is 7.47. The first-order valence-electron chi connectivity index (χ1n) is 39.1. The van der Waals surface area contributed by atoms with Crippen LogP contribution in [0.5, 0.6) is 0 Å². The number of carbonyl (C=O) groups excluding carboxylic acids is 2. The van der Waals surface area contributed by atoms with Crippen LogP contribution in [0, 0.1) is 0 Å². The molecule has 0 aromatic rings. The summed E-state index contributed by atoms with van der Waals surface area (Å²) in [5, 5.41) is 0. The Bertz CT molecular complexity index is 2550. The van der Waals surface area contributed by atoms with Gasteiger partial charge in [-0.2, -0.15) is 0 Å². The van der Waals surface area contributed by atoms with E-state index in [1.807, 2.05) is 21.1 Å². The Kier molecular flexibility index (Phi) is 72.7. The molecule has 0 spiro atoms.